The van der Waals surface area contributed by atoms with Crippen molar-refractivity contribution in [1.29, 1.82) is 0 Å². The Morgan fingerprint density at radius 1 is 0.500 bits per heavy atom. The maximum atomic E-state index is 5.70. The first kappa shape index (κ1) is 18.0. The lowest BCUT2D eigenvalue weighted by Crippen LogP contribution is -2.00. The van der Waals surface area contributed by atoms with E-state index >= 15 is 0 Å². The van der Waals surface area contributed by atoms with Crippen molar-refractivity contribution in [2.75, 3.05) is 27.4 Å². The monoisotopic (exact) mass is 330 g/mol. The number of hydrogen-bond acceptors (Lipinski definition) is 4. The molecule has 0 N–H and O–H groups in total. The van der Waals surface area contributed by atoms with Gasteiger partial charge in [0.05, 0.1) is 27.4 Å². The molecule has 0 amide bonds. The van der Waals surface area contributed by atoms with Gasteiger partial charge in [0.15, 0.2) is 0 Å². The predicted octanol–water partition coefficient (Wildman–Crippen LogP) is 4.72. The van der Waals surface area contributed by atoms with Gasteiger partial charge in [-0.15, -0.1) is 0 Å². The first-order valence-electron chi connectivity index (χ1n) is 8.35. The van der Waals surface area contributed by atoms with Gasteiger partial charge in [-0.3, -0.25) is 0 Å². The van der Waals surface area contributed by atoms with Crippen molar-refractivity contribution >= 4 is 0 Å². The molecule has 0 bridgehead atoms. The first-order valence-corrected chi connectivity index (χ1v) is 8.35. The van der Waals surface area contributed by atoms with Crippen LogP contribution in [0.4, 0.5) is 0 Å². The van der Waals surface area contributed by atoms with E-state index in [4.69, 9.17) is 18.9 Å². The fourth-order valence-electron chi connectivity index (χ4n) is 2.28. The Bertz CT molecular complexity index is 510. The first-order chi connectivity index (χ1) is 11.8. The second kappa shape index (κ2) is 10.4. The van der Waals surface area contributed by atoms with Gasteiger partial charge in [0.25, 0.3) is 0 Å². The molecule has 0 unspecified atom stereocenters. The Balaban J connectivity index is 1.48. The minimum atomic E-state index is 0.742. The van der Waals surface area contributed by atoms with Crippen LogP contribution in [0.2, 0.25) is 0 Å². The van der Waals surface area contributed by atoms with Gasteiger partial charge < -0.3 is 18.9 Å². The van der Waals surface area contributed by atoms with E-state index in [1.54, 1.807) is 14.2 Å². The molecule has 0 spiro atoms. The van der Waals surface area contributed by atoms with Crippen LogP contribution in [0, 0.1) is 0 Å². The van der Waals surface area contributed by atoms with E-state index in [1.165, 1.54) is 0 Å². The van der Waals surface area contributed by atoms with Crippen LogP contribution in [0.1, 0.15) is 25.7 Å². The van der Waals surface area contributed by atoms with Crippen LogP contribution >= 0.6 is 0 Å². The second-order valence-electron chi connectivity index (χ2n) is 5.46. The lowest BCUT2D eigenvalue weighted by atomic mass is 10.2. The summed E-state index contributed by atoms with van der Waals surface area (Å²) in [6.07, 6.45) is 4.38. The van der Waals surface area contributed by atoms with Crippen molar-refractivity contribution < 1.29 is 18.9 Å². The lowest BCUT2D eigenvalue weighted by Gasteiger charge is -2.08. The molecule has 0 saturated heterocycles. The molecule has 2 aromatic carbocycles. The summed E-state index contributed by atoms with van der Waals surface area (Å²) in [7, 11) is 3.32. The molecule has 0 aliphatic heterocycles. The maximum Gasteiger partial charge on any atom is 0.119 e. The highest BCUT2D eigenvalue weighted by molar-refractivity contribution is 5.31. The largest absolute Gasteiger partial charge is 0.497 e. The van der Waals surface area contributed by atoms with Gasteiger partial charge in [0.1, 0.15) is 23.0 Å². The van der Waals surface area contributed by atoms with Gasteiger partial charge in [0, 0.05) is 0 Å². The summed E-state index contributed by atoms with van der Waals surface area (Å²) in [6, 6.07) is 15.4. The van der Waals surface area contributed by atoms with Gasteiger partial charge >= 0.3 is 0 Å². The van der Waals surface area contributed by atoms with Gasteiger partial charge in [-0.25, -0.2) is 0 Å². The second-order valence-corrected chi connectivity index (χ2v) is 5.46. The van der Waals surface area contributed by atoms with E-state index < -0.39 is 0 Å². The zero-order valence-electron chi connectivity index (χ0n) is 14.5. The summed E-state index contributed by atoms with van der Waals surface area (Å²) in [6.45, 7) is 1.48. The van der Waals surface area contributed by atoms with Crippen molar-refractivity contribution in [2.45, 2.75) is 25.7 Å². The minimum absolute atomic E-state index is 0.742. The van der Waals surface area contributed by atoms with Crippen LogP contribution in [0.5, 0.6) is 23.0 Å². The highest BCUT2D eigenvalue weighted by Crippen LogP contribution is 2.18. The van der Waals surface area contributed by atoms with E-state index in [1.807, 2.05) is 48.5 Å². The van der Waals surface area contributed by atoms with E-state index in [9.17, 15) is 0 Å². The standard InChI is InChI=1S/C20H26O4/c1-21-17-7-11-19(12-8-17)23-15-5-3-4-6-16-24-20-13-9-18(22-2)10-14-20/h7-14H,3-6,15-16H2,1-2H3. The molecule has 0 fully saturated rings. The molecule has 0 aliphatic carbocycles. The molecule has 4 heteroatoms. The van der Waals surface area contributed by atoms with E-state index in [-0.39, 0.29) is 0 Å². The summed E-state index contributed by atoms with van der Waals surface area (Å²) in [5, 5.41) is 0. The highest BCUT2D eigenvalue weighted by Gasteiger charge is 1.97. The van der Waals surface area contributed by atoms with E-state index in [0.717, 1.165) is 61.9 Å². The van der Waals surface area contributed by atoms with Crippen molar-refractivity contribution in [3.8, 4) is 23.0 Å². The zero-order valence-corrected chi connectivity index (χ0v) is 14.5. The van der Waals surface area contributed by atoms with Crippen molar-refractivity contribution in [3.05, 3.63) is 48.5 Å². The highest BCUT2D eigenvalue weighted by atomic mass is 16.5. The fourth-order valence-corrected chi connectivity index (χ4v) is 2.28. The minimum Gasteiger partial charge on any atom is -0.497 e. The Labute approximate surface area is 144 Å². The number of methoxy groups -OCH3 is 2. The predicted molar refractivity (Wildman–Crippen MR) is 95.4 cm³/mol. The third kappa shape index (κ3) is 6.41. The lowest BCUT2D eigenvalue weighted by molar-refractivity contribution is 0.287. The third-order valence-electron chi connectivity index (χ3n) is 3.70. The van der Waals surface area contributed by atoms with Crippen LogP contribution in [-0.2, 0) is 0 Å². The van der Waals surface area contributed by atoms with Gasteiger partial charge in [0.2, 0.25) is 0 Å². The molecule has 24 heavy (non-hydrogen) atoms. The van der Waals surface area contributed by atoms with Crippen molar-refractivity contribution in [3.63, 3.8) is 0 Å². The molecule has 2 rings (SSSR count). The average molecular weight is 330 g/mol. The molecule has 130 valence electrons. The van der Waals surface area contributed by atoms with Crippen LogP contribution in [0.25, 0.3) is 0 Å². The molecular formula is C20H26O4. The molecular weight excluding hydrogens is 304 g/mol. The quantitative estimate of drug-likeness (QED) is 0.559. The average Bonchev–Trinajstić information content (AvgIpc) is 2.65. The summed E-state index contributed by atoms with van der Waals surface area (Å²) < 4.78 is 21.6. The SMILES string of the molecule is COc1ccc(OCCCCCCOc2ccc(OC)cc2)cc1. The van der Waals surface area contributed by atoms with Gasteiger partial charge in [-0.05, 0) is 74.2 Å². The Kier molecular flexibility index (Phi) is 7.81. The molecule has 0 heterocycles. The van der Waals surface area contributed by atoms with Gasteiger partial charge in [-0.2, -0.15) is 0 Å². The fraction of sp³-hybridized carbons (Fsp3) is 0.400. The topological polar surface area (TPSA) is 36.9 Å². The number of unbranched alkanes of at least 4 members (excludes halogenated alkanes) is 3. The molecule has 2 aromatic rings. The number of benzene rings is 2. The molecule has 0 atom stereocenters. The molecule has 0 saturated carbocycles. The number of rotatable bonds is 11. The summed E-state index contributed by atoms with van der Waals surface area (Å²) in [5.74, 6) is 3.47. The Morgan fingerprint density at radius 3 is 1.17 bits per heavy atom. The molecule has 0 aromatic heterocycles. The normalized spacial score (nSPS) is 10.2. The van der Waals surface area contributed by atoms with Crippen LogP contribution < -0.4 is 18.9 Å². The van der Waals surface area contributed by atoms with E-state index in [2.05, 4.69) is 0 Å². The number of ether oxygens (including phenoxy) is 4. The summed E-state index contributed by atoms with van der Waals surface area (Å²) in [4.78, 5) is 0. The maximum absolute atomic E-state index is 5.70. The third-order valence-corrected chi connectivity index (χ3v) is 3.70. The summed E-state index contributed by atoms with van der Waals surface area (Å²) in [5.41, 5.74) is 0. The van der Waals surface area contributed by atoms with Gasteiger partial charge in [-0.1, -0.05) is 0 Å². The Morgan fingerprint density at radius 2 is 0.833 bits per heavy atom. The van der Waals surface area contributed by atoms with Crippen molar-refractivity contribution in [1.82, 2.24) is 0 Å². The zero-order chi connectivity index (χ0) is 17.0. The van der Waals surface area contributed by atoms with Crippen LogP contribution in [0.3, 0.4) is 0 Å². The number of hydrogen-bond donors (Lipinski definition) is 0. The van der Waals surface area contributed by atoms with Crippen LogP contribution in [0.15, 0.2) is 48.5 Å². The summed E-state index contributed by atoms with van der Waals surface area (Å²) >= 11 is 0. The smallest absolute Gasteiger partial charge is 0.119 e. The molecule has 0 radical (unpaired) electrons. The Hall–Kier alpha value is -2.36. The van der Waals surface area contributed by atoms with E-state index in [0.29, 0.717) is 0 Å². The molecule has 0 aliphatic rings. The van der Waals surface area contributed by atoms with Crippen molar-refractivity contribution in [2.24, 2.45) is 0 Å². The van der Waals surface area contributed by atoms with Crippen LogP contribution in [-0.4, -0.2) is 27.4 Å². The molecule has 4 nitrogen and oxygen atoms in total.